The highest BCUT2D eigenvalue weighted by Crippen LogP contribution is 2.27. The van der Waals surface area contributed by atoms with Crippen molar-refractivity contribution in [2.75, 3.05) is 24.6 Å². The second kappa shape index (κ2) is 6.76. The Morgan fingerprint density at radius 3 is 3.08 bits per heavy atom. The molecule has 7 heteroatoms. The van der Waals surface area contributed by atoms with Gasteiger partial charge in [-0.2, -0.15) is 14.6 Å². The third-order valence-corrected chi connectivity index (χ3v) is 4.40. The first kappa shape index (κ1) is 16.0. The number of nitrogens with zero attached hydrogens (tertiary/aromatic N) is 5. The molecule has 0 N–H and O–H groups in total. The van der Waals surface area contributed by atoms with Gasteiger partial charge in [-0.15, -0.1) is 0 Å². The van der Waals surface area contributed by atoms with Gasteiger partial charge in [-0.3, -0.25) is 0 Å². The van der Waals surface area contributed by atoms with Crippen LogP contribution in [0.25, 0.3) is 5.78 Å². The lowest BCUT2D eigenvalue weighted by atomic mass is 10.1. The van der Waals surface area contributed by atoms with Crippen molar-refractivity contribution in [3.8, 4) is 0 Å². The van der Waals surface area contributed by atoms with Crippen LogP contribution < -0.4 is 4.90 Å². The molecule has 1 aliphatic rings. The average Bonchev–Trinajstić information content (AvgIpc) is 3.10. The molecule has 0 amide bonds. The largest absolute Gasteiger partial charge is 0.370 e. The van der Waals surface area contributed by atoms with Crippen LogP contribution in [0.2, 0.25) is 0 Å². The fourth-order valence-electron chi connectivity index (χ4n) is 3.22. The van der Waals surface area contributed by atoms with E-state index in [0.717, 1.165) is 36.5 Å². The van der Waals surface area contributed by atoms with E-state index >= 15 is 0 Å². The number of benzene rings is 1. The van der Waals surface area contributed by atoms with Gasteiger partial charge in [0.05, 0.1) is 6.61 Å². The van der Waals surface area contributed by atoms with Crippen molar-refractivity contribution in [1.29, 1.82) is 0 Å². The topological polar surface area (TPSA) is 55.6 Å². The molecule has 0 radical (unpaired) electrons. The van der Waals surface area contributed by atoms with E-state index in [2.05, 4.69) is 33.0 Å². The molecular formula is C18H20FN5O. The summed E-state index contributed by atoms with van der Waals surface area (Å²) in [6.45, 7) is 4.08. The Labute approximate surface area is 145 Å². The molecule has 1 atom stereocenters. The van der Waals surface area contributed by atoms with Gasteiger partial charge in [0.25, 0.3) is 5.78 Å². The summed E-state index contributed by atoms with van der Waals surface area (Å²) in [4.78, 5) is 11.0. The summed E-state index contributed by atoms with van der Waals surface area (Å²) in [6.07, 6.45) is 3.26. The third-order valence-electron chi connectivity index (χ3n) is 4.40. The minimum Gasteiger partial charge on any atom is -0.370 e. The van der Waals surface area contributed by atoms with E-state index in [4.69, 9.17) is 4.74 Å². The van der Waals surface area contributed by atoms with Gasteiger partial charge in [0.15, 0.2) is 0 Å². The lowest BCUT2D eigenvalue weighted by molar-refractivity contribution is 0.0392. The maximum atomic E-state index is 13.5. The van der Waals surface area contributed by atoms with Crippen molar-refractivity contribution >= 4 is 11.6 Å². The Morgan fingerprint density at radius 2 is 2.24 bits per heavy atom. The summed E-state index contributed by atoms with van der Waals surface area (Å²) in [5, 5.41) is 4.31. The Hall–Kier alpha value is -2.54. The zero-order chi connectivity index (χ0) is 17.2. The van der Waals surface area contributed by atoms with Crippen molar-refractivity contribution in [2.24, 2.45) is 0 Å². The first-order valence-corrected chi connectivity index (χ1v) is 8.56. The Balaban J connectivity index is 1.67. The van der Waals surface area contributed by atoms with Crippen molar-refractivity contribution in [3.63, 3.8) is 0 Å². The van der Waals surface area contributed by atoms with Gasteiger partial charge in [-0.1, -0.05) is 25.5 Å². The minimum atomic E-state index is -0.244. The van der Waals surface area contributed by atoms with Crippen molar-refractivity contribution < 1.29 is 9.13 Å². The van der Waals surface area contributed by atoms with E-state index in [9.17, 15) is 4.39 Å². The number of ether oxygens (including phenoxy) is 1. The molecule has 1 aliphatic heterocycles. The molecule has 0 bridgehead atoms. The van der Waals surface area contributed by atoms with E-state index in [1.54, 1.807) is 10.6 Å². The standard InChI is InChI=1S/C18H20FN5O/c1-2-4-15-10-17(24-18(22-15)20-12-21-24)23-7-8-25-16(11-23)13-5-3-6-14(19)9-13/h3,5-6,9-10,12,16H,2,4,7-8,11H2,1H3/t16-/m1/s1. The summed E-state index contributed by atoms with van der Waals surface area (Å²) >= 11 is 0. The molecule has 3 aromatic rings. The number of aryl methyl sites for hydroxylation is 1. The second-order valence-electron chi connectivity index (χ2n) is 6.19. The van der Waals surface area contributed by atoms with Crippen molar-refractivity contribution in [3.05, 3.63) is 53.7 Å². The molecule has 0 saturated carbocycles. The van der Waals surface area contributed by atoms with Crippen LogP contribution in [-0.2, 0) is 11.2 Å². The van der Waals surface area contributed by atoms with Crippen LogP contribution in [0.5, 0.6) is 0 Å². The number of morpholine rings is 1. The SMILES string of the molecule is CCCc1cc(N2CCO[C@@H](c3cccc(F)c3)C2)n2ncnc2n1. The maximum Gasteiger partial charge on any atom is 0.254 e. The van der Waals surface area contributed by atoms with E-state index in [1.165, 1.54) is 18.5 Å². The molecule has 1 saturated heterocycles. The van der Waals surface area contributed by atoms with Crippen molar-refractivity contribution in [1.82, 2.24) is 19.6 Å². The summed E-state index contributed by atoms with van der Waals surface area (Å²) in [6, 6.07) is 8.67. The summed E-state index contributed by atoms with van der Waals surface area (Å²) in [5.41, 5.74) is 1.86. The Kier molecular flexibility index (Phi) is 4.31. The smallest absolute Gasteiger partial charge is 0.254 e. The molecule has 0 aliphatic carbocycles. The van der Waals surface area contributed by atoms with Gasteiger partial charge in [-0.05, 0) is 24.1 Å². The molecule has 25 heavy (non-hydrogen) atoms. The first-order valence-electron chi connectivity index (χ1n) is 8.56. The number of rotatable bonds is 4. The van der Waals surface area contributed by atoms with E-state index < -0.39 is 0 Å². The molecule has 6 nitrogen and oxygen atoms in total. The van der Waals surface area contributed by atoms with Gasteiger partial charge in [0, 0.05) is 24.8 Å². The number of halogens is 1. The highest BCUT2D eigenvalue weighted by molar-refractivity contribution is 5.48. The normalized spacial score (nSPS) is 18.0. The van der Waals surface area contributed by atoms with Gasteiger partial charge in [0.1, 0.15) is 24.1 Å². The molecule has 1 fully saturated rings. The fraction of sp³-hybridized carbons (Fsp3) is 0.389. The van der Waals surface area contributed by atoms with E-state index in [-0.39, 0.29) is 11.9 Å². The lowest BCUT2D eigenvalue weighted by Crippen LogP contribution is -2.39. The average molecular weight is 341 g/mol. The summed E-state index contributed by atoms with van der Waals surface area (Å²) in [7, 11) is 0. The number of aromatic nitrogens is 4. The highest BCUT2D eigenvalue weighted by atomic mass is 19.1. The zero-order valence-electron chi connectivity index (χ0n) is 14.1. The molecule has 0 unspecified atom stereocenters. The Bertz CT molecular complexity index is 881. The minimum absolute atomic E-state index is 0.175. The molecule has 3 heterocycles. The van der Waals surface area contributed by atoms with Gasteiger partial charge in [-0.25, -0.2) is 9.37 Å². The summed E-state index contributed by atoms with van der Waals surface area (Å²) in [5.74, 6) is 1.32. The number of fused-ring (bicyclic) bond motifs is 1. The van der Waals surface area contributed by atoms with E-state index in [1.807, 2.05) is 6.07 Å². The van der Waals surface area contributed by atoms with Gasteiger partial charge >= 0.3 is 0 Å². The third kappa shape index (κ3) is 3.19. The monoisotopic (exact) mass is 341 g/mol. The predicted molar refractivity (Wildman–Crippen MR) is 92.1 cm³/mol. The quantitative estimate of drug-likeness (QED) is 0.730. The molecule has 130 valence electrons. The Morgan fingerprint density at radius 1 is 1.32 bits per heavy atom. The molecule has 2 aromatic heterocycles. The van der Waals surface area contributed by atoms with Crippen LogP contribution >= 0.6 is 0 Å². The van der Waals surface area contributed by atoms with Gasteiger partial charge in [0.2, 0.25) is 0 Å². The van der Waals surface area contributed by atoms with E-state index in [0.29, 0.717) is 18.9 Å². The first-order chi connectivity index (χ1) is 12.2. The van der Waals surface area contributed by atoms with Crippen LogP contribution in [0, 0.1) is 5.82 Å². The molecule has 1 aromatic carbocycles. The van der Waals surface area contributed by atoms with Crippen LogP contribution in [0.4, 0.5) is 10.2 Å². The van der Waals surface area contributed by atoms with Crippen LogP contribution in [0.1, 0.15) is 30.7 Å². The number of hydrogen-bond acceptors (Lipinski definition) is 5. The van der Waals surface area contributed by atoms with Crippen LogP contribution in [0.3, 0.4) is 0 Å². The zero-order valence-corrected chi connectivity index (χ0v) is 14.1. The fourth-order valence-corrected chi connectivity index (χ4v) is 3.22. The molecular weight excluding hydrogens is 321 g/mol. The highest BCUT2D eigenvalue weighted by Gasteiger charge is 2.25. The number of anilines is 1. The maximum absolute atomic E-state index is 13.5. The van der Waals surface area contributed by atoms with Crippen LogP contribution in [-0.4, -0.2) is 39.3 Å². The molecule has 4 rings (SSSR count). The summed E-state index contributed by atoms with van der Waals surface area (Å²) < 4.78 is 21.2. The predicted octanol–water partition coefficient (Wildman–Crippen LogP) is 2.79. The van der Waals surface area contributed by atoms with Crippen LogP contribution in [0.15, 0.2) is 36.7 Å². The number of hydrogen-bond donors (Lipinski definition) is 0. The second-order valence-corrected chi connectivity index (χ2v) is 6.19. The van der Waals surface area contributed by atoms with Crippen molar-refractivity contribution in [2.45, 2.75) is 25.9 Å². The molecule has 0 spiro atoms. The lowest BCUT2D eigenvalue weighted by Gasteiger charge is -2.34. The van der Waals surface area contributed by atoms with Gasteiger partial charge < -0.3 is 9.64 Å².